The zero-order chi connectivity index (χ0) is 11.0. The molecule has 0 spiro atoms. The number of fused-ring (bicyclic) bond motifs is 1. The number of carbonyl (C=O) groups excluding carboxylic acids is 1. The van der Waals surface area contributed by atoms with Crippen LogP contribution in [0.25, 0.3) is 0 Å². The maximum atomic E-state index is 11.5. The van der Waals surface area contributed by atoms with E-state index in [0.717, 1.165) is 6.54 Å². The van der Waals surface area contributed by atoms with E-state index in [1.54, 1.807) is 6.20 Å². The Morgan fingerprint density at radius 3 is 3.07 bits per heavy atom. The number of hydrogen-bond donors (Lipinski definition) is 2. The van der Waals surface area contributed by atoms with Crippen LogP contribution in [0.2, 0.25) is 0 Å². The normalized spacial score (nSPS) is 39.0. The summed E-state index contributed by atoms with van der Waals surface area (Å²) in [4.78, 5) is 11.5. The largest absolute Gasteiger partial charge is 0.466 e. The Morgan fingerprint density at radius 1 is 1.67 bits per heavy atom. The molecule has 0 unspecified atom stereocenters. The van der Waals surface area contributed by atoms with E-state index < -0.39 is 0 Å². The van der Waals surface area contributed by atoms with Crippen molar-refractivity contribution < 1.29 is 14.6 Å². The number of aliphatic hydroxyl groups excluding tert-OH is 1. The Kier molecular flexibility index (Phi) is 2.69. The van der Waals surface area contributed by atoms with Gasteiger partial charge in [-0.05, 0) is 24.2 Å². The average molecular weight is 211 g/mol. The van der Waals surface area contributed by atoms with Crippen LogP contribution in [-0.4, -0.2) is 30.8 Å². The summed E-state index contributed by atoms with van der Waals surface area (Å²) in [5, 5.41) is 12.9. The lowest BCUT2D eigenvalue weighted by Gasteiger charge is -2.28. The van der Waals surface area contributed by atoms with Gasteiger partial charge in [0.15, 0.2) is 0 Å². The maximum Gasteiger partial charge on any atom is 0.335 e. The lowest BCUT2D eigenvalue weighted by atomic mass is 9.83. The van der Waals surface area contributed by atoms with Gasteiger partial charge in [0, 0.05) is 12.7 Å². The summed E-state index contributed by atoms with van der Waals surface area (Å²) in [5.74, 6) is 0.470. The third-order valence-corrected chi connectivity index (χ3v) is 3.73. The van der Waals surface area contributed by atoms with Gasteiger partial charge in [-0.2, -0.15) is 0 Å². The molecule has 1 saturated carbocycles. The molecule has 0 saturated heterocycles. The molecule has 15 heavy (non-hydrogen) atoms. The maximum absolute atomic E-state index is 11.5. The molecule has 1 heterocycles. The van der Waals surface area contributed by atoms with Crippen molar-refractivity contribution in [2.75, 3.05) is 13.7 Å². The molecule has 4 atom stereocenters. The number of carbonyl (C=O) groups is 1. The number of nitrogens with one attached hydrogen (secondary N) is 1. The minimum absolute atomic E-state index is 0.156. The molecule has 84 valence electrons. The molecular formula is C11H17NO3. The smallest absolute Gasteiger partial charge is 0.335 e. The number of ether oxygens (including phenoxy) is 1. The molecule has 0 aromatic rings. The average Bonchev–Trinajstić information content (AvgIpc) is 2.54. The van der Waals surface area contributed by atoms with Crippen LogP contribution in [0.1, 0.15) is 13.3 Å². The van der Waals surface area contributed by atoms with Gasteiger partial charge >= 0.3 is 5.97 Å². The van der Waals surface area contributed by atoms with Crippen molar-refractivity contribution in [3.63, 3.8) is 0 Å². The van der Waals surface area contributed by atoms with Crippen molar-refractivity contribution >= 4 is 5.97 Å². The molecule has 1 aliphatic heterocycles. The van der Waals surface area contributed by atoms with Gasteiger partial charge in [0.2, 0.25) is 0 Å². The van der Waals surface area contributed by atoms with Crippen LogP contribution in [0, 0.1) is 17.8 Å². The fourth-order valence-electron chi connectivity index (χ4n) is 2.73. The van der Waals surface area contributed by atoms with Gasteiger partial charge in [-0.3, -0.25) is 0 Å². The van der Waals surface area contributed by atoms with Crippen molar-refractivity contribution in [1.82, 2.24) is 5.32 Å². The highest BCUT2D eigenvalue weighted by Crippen LogP contribution is 2.42. The third-order valence-electron chi connectivity index (χ3n) is 3.73. The van der Waals surface area contributed by atoms with Crippen LogP contribution in [0.4, 0.5) is 0 Å². The molecule has 0 bridgehead atoms. The first-order valence-corrected chi connectivity index (χ1v) is 5.35. The standard InChI is InChI=1S/C11H17NO3/c1-6-8-4-12-5-9(11(14)15-2)7(8)3-10(6)13/h5-8,10,12-13H,3-4H2,1-2H3/t6-,7+,8-,10+/m1/s1. The summed E-state index contributed by atoms with van der Waals surface area (Å²) in [7, 11) is 1.39. The van der Waals surface area contributed by atoms with Crippen molar-refractivity contribution in [3.05, 3.63) is 11.8 Å². The first kappa shape index (κ1) is 10.5. The highest BCUT2D eigenvalue weighted by Gasteiger charge is 2.44. The van der Waals surface area contributed by atoms with E-state index in [1.807, 2.05) is 6.92 Å². The quantitative estimate of drug-likeness (QED) is 0.612. The molecule has 0 aromatic carbocycles. The number of hydrogen-bond acceptors (Lipinski definition) is 4. The topological polar surface area (TPSA) is 58.6 Å². The zero-order valence-electron chi connectivity index (χ0n) is 9.06. The van der Waals surface area contributed by atoms with E-state index in [9.17, 15) is 9.90 Å². The predicted octanol–water partition coefficient (Wildman–Crippen LogP) is 0.280. The van der Waals surface area contributed by atoms with Gasteiger partial charge in [0.1, 0.15) is 0 Å². The second-order valence-electron chi connectivity index (χ2n) is 4.43. The number of rotatable bonds is 1. The summed E-state index contributed by atoms with van der Waals surface area (Å²) in [6.45, 7) is 2.88. The lowest BCUT2D eigenvalue weighted by molar-refractivity contribution is -0.137. The highest BCUT2D eigenvalue weighted by atomic mass is 16.5. The van der Waals surface area contributed by atoms with E-state index in [2.05, 4.69) is 5.32 Å². The third kappa shape index (κ3) is 1.63. The van der Waals surface area contributed by atoms with Gasteiger partial charge in [-0.1, -0.05) is 6.92 Å². The Morgan fingerprint density at radius 2 is 2.40 bits per heavy atom. The Hall–Kier alpha value is -1.03. The molecule has 2 aliphatic rings. The first-order chi connectivity index (χ1) is 7.15. The van der Waals surface area contributed by atoms with E-state index >= 15 is 0 Å². The fourth-order valence-corrected chi connectivity index (χ4v) is 2.73. The van der Waals surface area contributed by atoms with E-state index in [1.165, 1.54) is 7.11 Å². The van der Waals surface area contributed by atoms with Crippen LogP contribution >= 0.6 is 0 Å². The zero-order valence-corrected chi connectivity index (χ0v) is 9.06. The van der Waals surface area contributed by atoms with Gasteiger partial charge in [-0.25, -0.2) is 4.79 Å². The van der Waals surface area contributed by atoms with Crippen LogP contribution in [0.3, 0.4) is 0 Å². The minimum atomic E-state index is -0.298. The first-order valence-electron chi connectivity index (χ1n) is 5.35. The fraction of sp³-hybridized carbons (Fsp3) is 0.727. The number of esters is 1. The molecule has 0 radical (unpaired) electrons. The lowest BCUT2D eigenvalue weighted by Crippen LogP contribution is -2.34. The minimum Gasteiger partial charge on any atom is -0.466 e. The number of methoxy groups -OCH3 is 1. The van der Waals surface area contributed by atoms with Gasteiger partial charge < -0.3 is 15.2 Å². The predicted molar refractivity (Wildman–Crippen MR) is 54.9 cm³/mol. The second kappa shape index (κ2) is 3.85. The summed E-state index contributed by atoms with van der Waals surface area (Å²) < 4.78 is 4.74. The molecule has 0 aromatic heterocycles. The molecule has 4 heteroatoms. The van der Waals surface area contributed by atoms with Crippen LogP contribution in [0.5, 0.6) is 0 Å². The van der Waals surface area contributed by atoms with Crippen LogP contribution < -0.4 is 5.32 Å². The van der Waals surface area contributed by atoms with E-state index in [-0.39, 0.29) is 23.9 Å². The highest BCUT2D eigenvalue weighted by molar-refractivity contribution is 5.89. The molecule has 0 amide bonds. The molecule has 2 rings (SSSR count). The SMILES string of the molecule is COC(=O)C1=CNC[C@@H]2[C@@H](C)[C@@H](O)C[C@H]12. The van der Waals surface area contributed by atoms with E-state index in [0.29, 0.717) is 17.9 Å². The molecule has 4 nitrogen and oxygen atoms in total. The van der Waals surface area contributed by atoms with E-state index in [4.69, 9.17) is 4.74 Å². The van der Waals surface area contributed by atoms with Crippen LogP contribution in [-0.2, 0) is 9.53 Å². The molecule has 2 N–H and O–H groups in total. The summed E-state index contributed by atoms with van der Waals surface area (Å²) in [5.41, 5.74) is 0.678. The van der Waals surface area contributed by atoms with Crippen molar-refractivity contribution in [3.8, 4) is 0 Å². The molecular weight excluding hydrogens is 194 g/mol. The van der Waals surface area contributed by atoms with Crippen molar-refractivity contribution in [2.45, 2.75) is 19.4 Å². The summed E-state index contributed by atoms with van der Waals surface area (Å²) in [6.07, 6.45) is 2.11. The number of aliphatic hydroxyl groups is 1. The summed E-state index contributed by atoms with van der Waals surface area (Å²) in [6, 6.07) is 0. The van der Waals surface area contributed by atoms with Gasteiger partial charge in [0.05, 0.1) is 18.8 Å². The van der Waals surface area contributed by atoms with Gasteiger partial charge in [-0.15, -0.1) is 0 Å². The Labute approximate surface area is 89.3 Å². The molecule has 1 fully saturated rings. The monoisotopic (exact) mass is 211 g/mol. The Balaban J connectivity index is 2.21. The summed E-state index contributed by atoms with van der Waals surface area (Å²) >= 11 is 0. The molecule has 1 aliphatic carbocycles. The van der Waals surface area contributed by atoms with Crippen molar-refractivity contribution in [1.29, 1.82) is 0 Å². The van der Waals surface area contributed by atoms with Crippen molar-refractivity contribution in [2.24, 2.45) is 17.8 Å². The second-order valence-corrected chi connectivity index (χ2v) is 4.43. The Bertz CT molecular complexity index is 300. The van der Waals surface area contributed by atoms with Gasteiger partial charge in [0.25, 0.3) is 0 Å². The van der Waals surface area contributed by atoms with Crippen LogP contribution in [0.15, 0.2) is 11.8 Å².